The summed E-state index contributed by atoms with van der Waals surface area (Å²) in [4.78, 5) is 0. The molecule has 1 rings (SSSR count). The van der Waals surface area contributed by atoms with Gasteiger partial charge >= 0.3 is 0 Å². The van der Waals surface area contributed by atoms with Gasteiger partial charge in [-0.05, 0) is 18.2 Å². The first-order chi connectivity index (χ1) is 7.27. The van der Waals surface area contributed by atoms with E-state index in [0.29, 0.717) is 5.56 Å². The Morgan fingerprint density at radius 3 is 2.87 bits per heavy atom. The molecule has 1 nitrogen and oxygen atoms in total. The molecule has 0 bridgehead atoms. The van der Waals surface area contributed by atoms with Gasteiger partial charge < -0.3 is 4.74 Å². The molecular weight excluding hydrogens is 222 g/mol. The molecule has 15 heavy (non-hydrogen) atoms. The molecule has 1 aromatic carbocycles. The summed E-state index contributed by atoms with van der Waals surface area (Å²) >= 11 is 5.38. The molecule has 0 spiro atoms. The van der Waals surface area contributed by atoms with Gasteiger partial charge in [0.15, 0.2) is 11.6 Å². The van der Waals surface area contributed by atoms with Crippen molar-refractivity contribution in [1.82, 2.24) is 0 Å². The Bertz CT molecular complexity index is 382. The molecule has 0 fully saturated rings. The van der Waals surface area contributed by atoms with Crippen LogP contribution >= 0.6 is 11.6 Å². The van der Waals surface area contributed by atoms with E-state index in [9.17, 15) is 8.78 Å². The predicted molar refractivity (Wildman–Crippen MR) is 55.5 cm³/mol. The van der Waals surface area contributed by atoms with Crippen LogP contribution in [0.4, 0.5) is 8.78 Å². The number of benzene rings is 1. The van der Waals surface area contributed by atoms with E-state index < -0.39 is 12.5 Å². The van der Waals surface area contributed by atoms with Crippen LogP contribution in [0.25, 0.3) is 0 Å². The van der Waals surface area contributed by atoms with Gasteiger partial charge in [0.2, 0.25) is 0 Å². The maximum atomic E-state index is 13.1. The summed E-state index contributed by atoms with van der Waals surface area (Å²) < 4.78 is 29.8. The van der Waals surface area contributed by atoms with Crippen LogP contribution in [0.1, 0.15) is 5.56 Å². The molecule has 0 aliphatic heterocycles. The second-order valence-electron chi connectivity index (χ2n) is 2.62. The van der Waals surface area contributed by atoms with E-state index >= 15 is 0 Å². The summed E-state index contributed by atoms with van der Waals surface area (Å²) in [5.74, 6) is 5.03. The van der Waals surface area contributed by atoms with Crippen LogP contribution in [0.5, 0.6) is 5.75 Å². The number of rotatable bonds is 3. The second-order valence-corrected chi connectivity index (χ2v) is 2.89. The summed E-state index contributed by atoms with van der Waals surface area (Å²) in [5, 5.41) is 0. The zero-order chi connectivity index (χ0) is 11.1. The quantitative estimate of drug-likeness (QED) is 0.573. The number of alkyl halides is 2. The predicted octanol–water partition coefficient (Wildman–Crippen LogP) is 2.76. The number of halogens is 3. The summed E-state index contributed by atoms with van der Waals surface area (Å²) in [6.45, 7) is -0.819. The van der Waals surface area contributed by atoms with Crippen molar-refractivity contribution in [1.29, 1.82) is 0 Å². The summed E-state index contributed by atoms with van der Waals surface area (Å²) in [6, 6.07) is 4.16. The standard InChI is InChI=1S/C11H9ClF2O/c12-5-1-2-9-3-4-10(14)11(8-9)15-7-6-13/h3-4,8H,5-7H2. The monoisotopic (exact) mass is 230 g/mol. The third kappa shape index (κ3) is 3.77. The van der Waals surface area contributed by atoms with Gasteiger partial charge in [0.25, 0.3) is 0 Å². The molecule has 0 heterocycles. The zero-order valence-corrected chi connectivity index (χ0v) is 8.65. The maximum Gasteiger partial charge on any atom is 0.165 e. The molecule has 0 radical (unpaired) electrons. The Hall–Kier alpha value is -1.27. The summed E-state index contributed by atoms with van der Waals surface area (Å²) in [5.41, 5.74) is 0.589. The normalized spacial score (nSPS) is 9.27. The third-order valence-electron chi connectivity index (χ3n) is 1.57. The van der Waals surface area contributed by atoms with Crippen LogP contribution in [0, 0.1) is 17.7 Å². The highest BCUT2D eigenvalue weighted by molar-refractivity contribution is 6.19. The number of hydrogen-bond acceptors (Lipinski definition) is 1. The van der Waals surface area contributed by atoms with Gasteiger partial charge in [-0.3, -0.25) is 0 Å². The van der Waals surface area contributed by atoms with Crippen molar-refractivity contribution in [3.63, 3.8) is 0 Å². The summed E-state index contributed by atoms with van der Waals surface area (Å²) in [6.07, 6.45) is 0. The second kappa shape index (κ2) is 6.26. The molecule has 0 amide bonds. The molecule has 1 aromatic rings. The minimum atomic E-state index is -0.656. The minimum absolute atomic E-state index is 0.00835. The van der Waals surface area contributed by atoms with Crippen LogP contribution in [0.2, 0.25) is 0 Å². The highest BCUT2D eigenvalue weighted by Crippen LogP contribution is 2.18. The Kier molecular flexibility index (Phi) is 4.92. The smallest absolute Gasteiger partial charge is 0.165 e. The maximum absolute atomic E-state index is 13.1. The van der Waals surface area contributed by atoms with E-state index in [1.54, 1.807) is 0 Å². The van der Waals surface area contributed by atoms with Gasteiger partial charge in [-0.2, -0.15) is 0 Å². The van der Waals surface area contributed by atoms with Gasteiger partial charge in [-0.1, -0.05) is 11.8 Å². The van der Waals surface area contributed by atoms with Crippen molar-refractivity contribution in [3.8, 4) is 17.6 Å². The van der Waals surface area contributed by atoms with Crippen LogP contribution in [-0.2, 0) is 0 Å². The van der Waals surface area contributed by atoms with E-state index in [2.05, 4.69) is 11.8 Å². The molecule has 0 saturated heterocycles. The van der Waals surface area contributed by atoms with Crippen molar-refractivity contribution in [2.45, 2.75) is 0 Å². The van der Waals surface area contributed by atoms with Crippen LogP contribution in [0.15, 0.2) is 18.2 Å². The fourth-order valence-electron chi connectivity index (χ4n) is 0.976. The molecular formula is C11H9ClF2O. The molecule has 0 atom stereocenters. The highest BCUT2D eigenvalue weighted by Gasteiger charge is 2.03. The Morgan fingerprint density at radius 2 is 2.20 bits per heavy atom. The van der Waals surface area contributed by atoms with Gasteiger partial charge in [-0.25, -0.2) is 8.78 Å². The first-order valence-electron chi connectivity index (χ1n) is 4.31. The van der Waals surface area contributed by atoms with Crippen molar-refractivity contribution >= 4 is 11.6 Å². The Morgan fingerprint density at radius 1 is 1.40 bits per heavy atom. The number of ether oxygens (including phenoxy) is 1. The largest absolute Gasteiger partial charge is 0.488 e. The first-order valence-corrected chi connectivity index (χ1v) is 4.84. The van der Waals surface area contributed by atoms with E-state index in [0.717, 1.165) is 0 Å². The van der Waals surface area contributed by atoms with Crippen LogP contribution < -0.4 is 4.74 Å². The molecule has 0 aliphatic carbocycles. The van der Waals surface area contributed by atoms with E-state index in [1.165, 1.54) is 18.2 Å². The topological polar surface area (TPSA) is 9.23 Å². The van der Waals surface area contributed by atoms with E-state index in [-0.39, 0.29) is 18.2 Å². The highest BCUT2D eigenvalue weighted by atomic mass is 35.5. The van der Waals surface area contributed by atoms with Crippen LogP contribution in [0.3, 0.4) is 0 Å². The SMILES string of the molecule is FCCOc1cc(C#CCCl)ccc1F. The van der Waals surface area contributed by atoms with Gasteiger partial charge in [-0.15, -0.1) is 11.6 Å². The summed E-state index contributed by atoms with van der Waals surface area (Å²) in [7, 11) is 0. The van der Waals surface area contributed by atoms with Gasteiger partial charge in [0, 0.05) is 5.56 Å². The molecule has 80 valence electrons. The average molecular weight is 231 g/mol. The van der Waals surface area contributed by atoms with Gasteiger partial charge in [0.05, 0.1) is 5.88 Å². The molecule has 4 heteroatoms. The molecule has 0 unspecified atom stereocenters. The van der Waals surface area contributed by atoms with Gasteiger partial charge in [0.1, 0.15) is 13.3 Å². The first kappa shape index (κ1) is 11.8. The van der Waals surface area contributed by atoms with E-state index in [1.807, 2.05) is 0 Å². The zero-order valence-electron chi connectivity index (χ0n) is 7.90. The lowest BCUT2D eigenvalue weighted by Gasteiger charge is -2.04. The Balaban J connectivity index is 2.84. The lowest BCUT2D eigenvalue weighted by Crippen LogP contribution is -2.00. The molecule has 0 saturated carbocycles. The van der Waals surface area contributed by atoms with Crippen LogP contribution in [-0.4, -0.2) is 19.2 Å². The van der Waals surface area contributed by atoms with Crippen molar-refractivity contribution < 1.29 is 13.5 Å². The van der Waals surface area contributed by atoms with Crippen molar-refractivity contribution in [2.75, 3.05) is 19.2 Å². The van der Waals surface area contributed by atoms with Crippen molar-refractivity contribution in [3.05, 3.63) is 29.6 Å². The number of hydrogen-bond donors (Lipinski definition) is 0. The molecule has 0 N–H and O–H groups in total. The fraction of sp³-hybridized carbons (Fsp3) is 0.273. The molecule has 0 aromatic heterocycles. The fourth-order valence-corrected chi connectivity index (χ4v) is 1.04. The van der Waals surface area contributed by atoms with E-state index in [4.69, 9.17) is 16.3 Å². The minimum Gasteiger partial charge on any atom is -0.488 e. The van der Waals surface area contributed by atoms with Crippen molar-refractivity contribution in [2.24, 2.45) is 0 Å². The third-order valence-corrected chi connectivity index (χ3v) is 1.70. The Labute approximate surface area is 92.0 Å². The lowest BCUT2D eigenvalue weighted by atomic mass is 10.2. The lowest BCUT2D eigenvalue weighted by molar-refractivity contribution is 0.262. The average Bonchev–Trinajstić information content (AvgIpc) is 2.26. The molecule has 0 aliphatic rings.